The van der Waals surface area contributed by atoms with Crippen LogP contribution in [0.5, 0.6) is 0 Å². The second kappa shape index (κ2) is 2.69. The van der Waals surface area contributed by atoms with Crippen molar-refractivity contribution in [3.63, 3.8) is 0 Å². The lowest BCUT2D eigenvalue weighted by molar-refractivity contribution is -0.155. The van der Waals surface area contributed by atoms with Crippen molar-refractivity contribution in [1.82, 2.24) is 5.32 Å². The Morgan fingerprint density at radius 3 is 2.58 bits per heavy atom. The highest BCUT2D eigenvalue weighted by Gasteiger charge is 2.52. The Morgan fingerprint density at radius 1 is 1.67 bits per heavy atom. The number of nitrogens with one attached hydrogen (secondary N) is 1. The SMILES string of the molecule is CC(C)(C(=O)O)C1(F)CCNC1. The third-order valence-corrected chi connectivity index (χ3v) is 2.76. The molecule has 4 heteroatoms. The van der Waals surface area contributed by atoms with E-state index in [2.05, 4.69) is 5.32 Å². The number of hydrogen-bond donors (Lipinski definition) is 2. The van der Waals surface area contributed by atoms with Gasteiger partial charge in [-0.2, -0.15) is 0 Å². The van der Waals surface area contributed by atoms with Crippen LogP contribution in [0.4, 0.5) is 4.39 Å². The Balaban J connectivity index is 2.85. The van der Waals surface area contributed by atoms with Gasteiger partial charge in [0.15, 0.2) is 0 Å². The summed E-state index contributed by atoms with van der Waals surface area (Å²) in [5.41, 5.74) is -2.89. The molecular weight excluding hydrogens is 161 g/mol. The number of carboxylic acids is 1. The van der Waals surface area contributed by atoms with Crippen molar-refractivity contribution in [2.24, 2.45) is 5.41 Å². The second-order valence-corrected chi connectivity index (χ2v) is 3.82. The fourth-order valence-electron chi connectivity index (χ4n) is 1.39. The van der Waals surface area contributed by atoms with Crippen LogP contribution in [0.3, 0.4) is 0 Å². The second-order valence-electron chi connectivity index (χ2n) is 3.82. The summed E-state index contributed by atoms with van der Waals surface area (Å²) in [5.74, 6) is -1.08. The molecule has 1 aliphatic heterocycles. The van der Waals surface area contributed by atoms with Gasteiger partial charge < -0.3 is 10.4 Å². The number of halogens is 1. The van der Waals surface area contributed by atoms with Gasteiger partial charge in [-0.3, -0.25) is 4.79 Å². The van der Waals surface area contributed by atoms with Crippen molar-refractivity contribution in [2.45, 2.75) is 25.9 Å². The van der Waals surface area contributed by atoms with Crippen molar-refractivity contribution < 1.29 is 14.3 Å². The lowest BCUT2D eigenvalue weighted by atomic mass is 9.76. The van der Waals surface area contributed by atoms with Crippen LogP contribution < -0.4 is 5.32 Å². The summed E-state index contributed by atoms with van der Waals surface area (Å²) in [4.78, 5) is 10.7. The Labute approximate surface area is 71.0 Å². The molecule has 0 spiro atoms. The van der Waals surface area contributed by atoms with Crippen molar-refractivity contribution >= 4 is 5.97 Å². The summed E-state index contributed by atoms with van der Waals surface area (Å²) >= 11 is 0. The van der Waals surface area contributed by atoms with E-state index in [4.69, 9.17) is 5.11 Å². The molecule has 0 aromatic heterocycles. The molecule has 1 heterocycles. The Kier molecular flexibility index (Phi) is 2.12. The first-order chi connectivity index (χ1) is 5.40. The van der Waals surface area contributed by atoms with Crippen LogP contribution in [0, 0.1) is 5.41 Å². The van der Waals surface area contributed by atoms with Gasteiger partial charge >= 0.3 is 5.97 Å². The predicted octanol–water partition coefficient (Wildman–Crippen LogP) is 0.799. The van der Waals surface area contributed by atoms with E-state index < -0.39 is 17.1 Å². The molecule has 0 bridgehead atoms. The van der Waals surface area contributed by atoms with E-state index in [1.165, 1.54) is 13.8 Å². The van der Waals surface area contributed by atoms with E-state index in [0.717, 1.165) is 0 Å². The molecule has 1 rings (SSSR count). The van der Waals surface area contributed by atoms with Crippen molar-refractivity contribution in [3.05, 3.63) is 0 Å². The molecule has 1 fully saturated rings. The third kappa shape index (κ3) is 1.20. The summed E-state index contributed by atoms with van der Waals surface area (Å²) < 4.78 is 13.9. The van der Waals surface area contributed by atoms with Crippen LogP contribution >= 0.6 is 0 Å². The van der Waals surface area contributed by atoms with E-state index >= 15 is 0 Å². The Hall–Kier alpha value is -0.640. The minimum absolute atomic E-state index is 0.145. The largest absolute Gasteiger partial charge is 0.481 e. The van der Waals surface area contributed by atoms with Crippen molar-refractivity contribution in [3.8, 4) is 0 Å². The number of alkyl halides is 1. The van der Waals surface area contributed by atoms with E-state index in [9.17, 15) is 9.18 Å². The van der Waals surface area contributed by atoms with Gasteiger partial charge in [0.05, 0.1) is 5.41 Å². The van der Waals surface area contributed by atoms with Crippen LogP contribution in [0.25, 0.3) is 0 Å². The summed E-state index contributed by atoms with van der Waals surface area (Å²) in [6.07, 6.45) is 0.284. The number of hydrogen-bond acceptors (Lipinski definition) is 2. The molecule has 0 aliphatic carbocycles. The van der Waals surface area contributed by atoms with Crippen LogP contribution in [-0.2, 0) is 4.79 Å². The molecule has 0 radical (unpaired) electrons. The minimum atomic E-state index is -1.60. The lowest BCUT2D eigenvalue weighted by Crippen LogP contribution is -2.47. The summed E-state index contributed by atoms with van der Waals surface area (Å²) in [7, 11) is 0. The maximum Gasteiger partial charge on any atom is 0.312 e. The molecule has 12 heavy (non-hydrogen) atoms. The maximum absolute atomic E-state index is 13.9. The highest BCUT2D eigenvalue weighted by Crippen LogP contribution is 2.39. The molecule has 1 saturated heterocycles. The van der Waals surface area contributed by atoms with Gasteiger partial charge in [0.1, 0.15) is 5.67 Å². The van der Waals surface area contributed by atoms with E-state index in [0.29, 0.717) is 6.54 Å². The molecular formula is C8H14FNO2. The highest BCUT2D eigenvalue weighted by molar-refractivity contribution is 5.75. The summed E-state index contributed by atoms with van der Waals surface area (Å²) in [5, 5.41) is 11.6. The van der Waals surface area contributed by atoms with Gasteiger partial charge in [-0.15, -0.1) is 0 Å². The number of aliphatic carboxylic acids is 1. The van der Waals surface area contributed by atoms with Gasteiger partial charge in [0, 0.05) is 6.54 Å². The zero-order chi connectivity index (χ0) is 9.41. The van der Waals surface area contributed by atoms with Crippen LogP contribution in [0.15, 0.2) is 0 Å². The minimum Gasteiger partial charge on any atom is -0.481 e. The topological polar surface area (TPSA) is 49.3 Å². The van der Waals surface area contributed by atoms with Gasteiger partial charge in [-0.25, -0.2) is 4.39 Å². The summed E-state index contributed by atoms with van der Waals surface area (Å²) in [6.45, 7) is 3.57. The number of rotatable bonds is 2. The molecule has 3 nitrogen and oxygen atoms in total. The lowest BCUT2D eigenvalue weighted by Gasteiger charge is -2.32. The quantitative estimate of drug-likeness (QED) is 0.652. The molecule has 2 N–H and O–H groups in total. The van der Waals surface area contributed by atoms with Crippen LogP contribution in [-0.4, -0.2) is 29.8 Å². The first-order valence-electron chi connectivity index (χ1n) is 4.03. The average Bonchev–Trinajstić information content (AvgIpc) is 2.37. The van der Waals surface area contributed by atoms with E-state index in [1.54, 1.807) is 0 Å². The van der Waals surface area contributed by atoms with Gasteiger partial charge in [0.25, 0.3) is 0 Å². The van der Waals surface area contributed by atoms with Gasteiger partial charge in [0.2, 0.25) is 0 Å². The zero-order valence-electron chi connectivity index (χ0n) is 7.35. The first kappa shape index (κ1) is 9.45. The normalized spacial score (nSPS) is 30.6. The van der Waals surface area contributed by atoms with E-state index in [-0.39, 0.29) is 13.0 Å². The average molecular weight is 175 g/mol. The molecule has 0 amide bonds. The Morgan fingerprint density at radius 2 is 2.25 bits per heavy atom. The number of carbonyl (C=O) groups is 1. The molecule has 1 atom stereocenters. The maximum atomic E-state index is 13.9. The highest BCUT2D eigenvalue weighted by atomic mass is 19.1. The monoisotopic (exact) mass is 175 g/mol. The molecule has 0 aromatic carbocycles. The van der Waals surface area contributed by atoms with Crippen molar-refractivity contribution in [2.75, 3.05) is 13.1 Å². The van der Waals surface area contributed by atoms with Crippen LogP contribution in [0.1, 0.15) is 20.3 Å². The molecule has 0 aromatic rings. The fraction of sp³-hybridized carbons (Fsp3) is 0.875. The predicted molar refractivity (Wildman–Crippen MR) is 42.7 cm³/mol. The van der Waals surface area contributed by atoms with Crippen LogP contribution in [0.2, 0.25) is 0 Å². The standard InChI is InChI=1S/C8H14FNO2/c1-7(2,6(11)12)8(9)3-4-10-5-8/h10H,3-5H2,1-2H3,(H,11,12). The molecule has 0 saturated carbocycles. The van der Waals surface area contributed by atoms with Gasteiger partial charge in [-0.1, -0.05) is 0 Å². The van der Waals surface area contributed by atoms with Crippen molar-refractivity contribution in [1.29, 1.82) is 0 Å². The molecule has 1 unspecified atom stereocenters. The van der Waals surface area contributed by atoms with E-state index in [1.807, 2.05) is 0 Å². The summed E-state index contributed by atoms with van der Waals surface area (Å²) in [6, 6.07) is 0. The molecule has 70 valence electrons. The molecule has 1 aliphatic rings. The number of carboxylic acid groups (broad SMARTS) is 1. The fourth-order valence-corrected chi connectivity index (χ4v) is 1.39. The zero-order valence-corrected chi connectivity index (χ0v) is 7.35. The first-order valence-corrected chi connectivity index (χ1v) is 4.03. The Bertz CT molecular complexity index is 197. The van der Waals surface area contributed by atoms with Gasteiger partial charge in [-0.05, 0) is 26.8 Å². The smallest absolute Gasteiger partial charge is 0.312 e. The third-order valence-electron chi connectivity index (χ3n) is 2.76.